The molecule has 16 heavy (non-hydrogen) atoms. The predicted octanol–water partition coefficient (Wildman–Crippen LogP) is 0.0123. The molecule has 0 atom stereocenters. The molecule has 0 N–H and O–H groups in total. The Bertz CT molecular complexity index is 451. The zero-order valence-electron chi connectivity index (χ0n) is 9.10. The topological polar surface area (TPSA) is 53.2 Å². The number of pyridine rings is 1. The van der Waals surface area contributed by atoms with Gasteiger partial charge < -0.3 is 9.84 Å². The van der Waals surface area contributed by atoms with E-state index in [-0.39, 0.29) is 18.1 Å². The van der Waals surface area contributed by atoms with E-state index in [1.54, 1.807) is 23.8 Å². The monoisotopic (exact) mass is 219 g/mol. The maximum Gasteiger partial charge on any atom is 0.403 e. The average Bonchev–Trinajstić information content (AvgIpc) is 2.29. The maximum absolute atomic E-state index is 11.7. The van der Waals surface area contributed by atoms with Crippen LogP contribution in [0.2, 0.25) is 0 Å². The fraction of sp³-hybridized carbons (Fsp3) is 0.333. The minimum Gasteiger partial charge on any atom is -0.871 e. The highest BCUT2D eigenvalue weighted by atomic mass is 16.5. The van der Waals surface area contributed by atoms with Crippen LogP contribution in [0.15, 0.2) is 30.2 Å². The Kier molecular flexibility index (Phi) is 2.90. The van der Waals surface area contributed by atoms with Crippen molar-refractivity contribution in [1.82, 2.24) is 0 Å². The largest absolute Gasteiger partial charge is 0.871 e. The van der Waals surface area contributed by atoms with Gasteiger partial charge in [0.15, 0.2) is 11.9 Å². The summed E-state index contributed by atoms with van der Waals surface area (Å²) in [6.07, 6.45) is 2.76. The van der Waals surface area contributed by atoms with E-state index in [0.29, 0.717) is 12.8 Å². The summed E-state index contributed by atoms with van der Waals surface area (Å²) in [5, 5.41) is 11.7. The van der Waals surface area contributed by atoms with Crippen molar-refractivity contribution in [3.63, 3.8) is 0 Å². The number of hydrogen-bond donors (Lipinski definition) is 0. The summed E-state index contributed by atoms with van der Waals surface area (Å²) < 4.78 is 6.52. The third kappa shape index (κ3) is 1.78. The highest BCUT2D eigenvalue weighted by Crippen LogP contribution is 2.15. The van der Waals surface area contributed by atoms with Gasteiger partial charge in [-0.05, 0) is 19.1 Å². The Balaban J connectivity index is 2.45. The number of esters is 1. The molecule has 4 nitrogen and oxygen atoms in total. The van der Waals surface area contributed by atoms with Crippen LogP contribution in [0, 0.1) is 0 Å². The van der Waals surface area contributed by atoms with Crippen molar-refractivity contribution in [2.75, 3.05) is 6.61 Å². The Morgan fingerprint density at radius 2 is 2.31 bits per heavy atom. The van der Waals surface area contributed by atoms with Gasteiger partial charge in [-0.25, -0.2) is 4.79 Å². The van der Waals surface area contributed by atoms with Gasteiger partial charge in [-0.2, -0.15) is 4.57 Å². The lowest BCUT2D eigenvalue weighted by molar-refractivity contribution is -0.595. The molecule has 0 amide bonds. The number of allylic oxidation sites excluding steroid dienone is 1. The number of ether oxygens (including phenoxy) is 1. The van der Waals surface area contributed by atoms with E-state index in [2.05, 4.69) is 0 Å². The van der Waals surface area contributed by atoms with Crippen LogP contribution >= 0.6 is 0 Å². The van der Waals surface area contributed by atoms with E-state index in [1.165, 1.54) is 0 Å². The van der Waals surface area contributed by atoms with Gasteiger partial charge in [0.05, 0.1) is 6.61 Å². The van der Waals surface area contributed by atoms with E-state index in [1.807, 2.05) is 12.1 Å². The summed E-state index contributed by atoms with van der Waals surface area (Å²) in [7, 11) is 0. The first-order chi connectivity index (χ1) is 7.74. The molecular formula is C12H13NO3. The summed E-state index contributed by atoms with van der Waals surface area (Å²) >= 11 is 0. The van der Waals surface area contributed by atoms with Crippen molar-refractivity contribution in [3.05, 3.63) is 35.8 Å². The van der Waals surface area contributed by atoms with Crippen molar-refractivity contribution >= 4 is 11.7 Å². The van der Waals surface area contributed by atoms with Crippen molar-refractivity contribution < 1.29 is 19.2 Å². The van der Waals surface area contributed by atoms with E-state index < -0.39 is 5.97 Å². The average molecular weight is 219 g/mol. The molecule has 0 aliphatic carbocycles. The summed E-state index contributed by atoms with van der Waals surface area (Å²) in [6, 6.07) is 5.59. The lowest BCUT2D eigenvalue weighted by atomic mass is 10.1. The molecule has 1 aromatic heterocycles. The predicted molar refractivity (Wildman–Crippen MR) is 54.8 cm³/mol. The number of fused-ring (bicyclic) bond motifs is 1. The van der Waals surface area contributed by atoms with Gasteiger partial charge in [0.1, 0.15) is 0 Å². The number of aryl methyl sites for hydroxylation is 1. The molecule has 0 unspecified atom stereocenters. The van der Waals surface area contributed by atoms with E-state index >= 15 is 0 Å². The zero-order valence-corrected chi connectivity index (χ0v) is 9.10. The number of nitrogens with zero attached hydrogens (tertiary/aromatic N) is 1. The smallest absolute Gasteiger partial charge is 0.403 e. The quantitative estimate of drug-likeness (QED) is 0.520. The summed E-state index contributed by atoms with van der Waals surface area (Å²) in [4.78, 5) is 11.7. The van der Waals surface area contributed by atoms with Gasteiger partial charge in [-0.3, -0.25) is 0 Å². The molecule has 0 aromatic carbocycles. The van der Waals surface area contributed by atoms with E-state index in [4.69, 9.17) is 4.74 Å². The van der Waals surface area contributed by atoms with Crippen LogP contribution in [0.5, 0.6) is 0 Å². The fourth-order valence-electron chi connectivity index (χ4n) is 1.81. The first-order valence-corrected chi connectivity index (χ1v) is 5.31. The zero-order chi connectivity index (χ0) is 11.5. The summed E-state index contributed by atoms with van der Waals surface area (Å²) in [6.45, 7) is 2.00. The van der Waals surface area contributed by atoms with Crippen LogP contribution in [0.4, 0.5) is 0 Å². The second-order valence-corrected chi connectivity index (χ2v) is 3.55. The SMILES string of the molecule is CCOC(=O)C1=C([O-])CCc2cccc[n+]21. The van der Waals surface area contributed by atoms with Gasteiger partial charge >= 0.3 is 5.97 Å². The van der Waals surface area contributed by atoms with Gasteiger partial charge in [-0.15, -0.1) is 0 Å². The molecule has 0 radical (unpaired) electrons. The third-order valence-corrected chi connectivity index (χ3v) is 2.53. The van der Waals surface area contributed by atoms with Crippen molar-refractivity contribution in [1.29, 1.82) is 0 Å². The van der Waals surface area contributed by atoms with Crippen molar-refractivity contribution in [2.24, 2.45) is 0 Å². The lowest BCUT2D eigenvalue weighted by Crippen LogP contribution is -2.45. The molecule has 2 heterocycles. The lowest BCUT2D eigenvalue weighted by Gasteiger charge is -2.18. The molecule has 0 spiro atoms. The molecule has 0 fully saturated rings. The van der Waals surface area contributed by atoms with Crippen LogP contribution in [0.1, 0.15) is 19.0 Å². The van der Waals surface area contributed by atoms with Crippen molar-refractivity contribution in [2.45, 2.75) is 19.8 Å². The number of rotatable bonds is 2. The third-order valence-electron chi connectivity index (χ3n) is 2.53. The molecule has 0 saturated heterocycles. The Labute approximate surface area is 93.8 Å². The van der Waals surface area contributed by atoms with Crippen molar-refractivity contribution in [3.8, 4) is 0 Å². The van der Waals surface area contributed by atoms with Crippen LogP contribution in [0.3, 0.4) is 0 Å². The summed E-state index contributed by atoms with van der Waals surface area (Å²) in [5.41, 5.74) is 1.09. The molecule has 1 aliphatic heterocycles. The first kappa shape index (κ1) is 10.7. The Morgan fingerprint density at radius 3 is 3.06 bits per heavy atom. The molecule has 1 aliphatic rings. The molecular weight excluding hydrogens is 206 g/mol. The first-order valence-electron chi connectivity index (χ1n) is 5.31. The second kappa shape index (κ2) is 4.35. The number of hydrogen-bond acceptors (Lipinski definition) is 3. The minimum atomic E-state index is -0.537. The van der Waals surface area contributed by atoms with Gasteiger partial charge in [0.25, 0.3) is 5.70 Å². The molecule has 0 saturated carbocycles. The van der Waals surface area contributed by atoms with Crippen LogP contribution in [-0.2, 0) is 16.0 Å². The molecule has 0 bridgehead atoms. The van der Waals surface area contributed by atoms with Crippen LogP contribution in [-0.4, -0.2) is 12.6 Å². The second-order valence-electron chi connectivity index (χ2n) is 3.55. The Morgan fingerprint density at radius 1 is 1.50 bits per heavy atom. The maximum atomic E-state index is 11.7. The van der Waals surface area contributed by atoms with Crippen LogP contribution < -0.4 is 9.67 Å². The van der Waals surface area contributed by atoms with Gasteiger partial charge in [-0.1, -0.05) is 6.07 Å². The molecule has 84 valence electrons. The van der Waals surface area contributed by atoms with Gasteiger partial charge in [0, 0.05) is 18.6 Å². The molecule has 4 heteroatoms. The standard InChI is InChI=1S/C12H13NO3/c1-2-16-12(15)11-10(14)7-6-9-5-3-4-8-13(9)11/h3-5,8H,2,6-7H2,1H3. The van der Waals surface area contributed by atoms with E-state index in [9.17, 15) is 9.90 Å². The fourth-order valence-corrected chi connectivity index (χ4v) is 1.81. The number of carbonyl (C=O) groups is 1. The van der Waals surface area contributed by atoms with Crippen LogP contribution in [0.25, 0.3) is 5.70 Å². The highest BCUT2D eigenvalue weighted by molar-refractivity contribution is 6.06. The minimum absolute atomic E-state index is 0.128. The molecule has 2 rings (SSSR count). The summed E-state index contributed by atoms with van der Waals surface area (Å²) in [5.74, 6) is -0.688. The van der Waals surface area contributed by atoms with Gasteiger partial charge in [0.2, 0.25) is 0 Å². The normalized spacial score (nSPS) is 14.6. The number of carbonyl (C=O) groups excluding carboxylic acids is 1. The Hall–Kier alpha value is -1.84. The van der Waals surface area contributed by atoms with E-state index in [0.717, 1.165) is 5.69 Å². The number of aromatic nitrogens is 1. The highest BCUT2D eigenvalue weighted by Gasteiger charge is 2.28. The molecule has 1 aromatic rings.